The second kappa shape index (κ2) is 10.8. The van der Waals surface area contributed by atoms with E-state index >= 15 is 0 Å². The maximum atomic E-state index is 10.9. The average Bonchev–Trinajstić information content (AvgIpc) is 1.95. The van der Waals surface area contributed by atoms with Gasteiger partial charge < -0.3 is 5.48 Å². The maximum Gasteiger partial charge on any atom is -0.412 e. The molecular weight excluding hydrogens is 374 g/mol. The van der Waals surface area contributed by atoms with Crippen molar-refractivity contribution in [2.45, 2.75) is 51.6 Å². The zero-order valence-corrected chi connectivity index (χ0v) is 16.9. The molecule has 0 fully saturated rings. The molecule has 0 unspecified atom stereocenters. The normalized spacial score (nSPS) is 10.7. The van der Waals surface area contributed by atoms with Crippen molar-refractivity contribution in [3.05, 3.63) is 0 Å². The molecule has 2 N–H and O–H groups in total. The first-order valence-electron chi connectivity index (χ1n) is 5.84. The summed E-state index contributed by atoms with van der Waals surface area (Å²) in [7, 11) is 0. The number of ether oxygens (including phenoxy) is 1. The topological polar surface area (TPSA) is 97.9 Å². The van der Waals surface area contributed by atoms with Crippen LogP contribution in [-0.2, 0) is 14.3 Å². The van der Waals surface area contributed by atoms with Crippen molar-refractivity contribution in [3.63, 3.8) is 0 Å². The zero-order chi connectivity index (χ0) is 15.0. The van der Waals surface area contributed by atoms with Crippen LogP contribution in [0.4, 0.5) is 0 Å². The van der Waals surface area contributed by atoms with Crippen molar-refractivity contribution >= 4 is 39.0 Å². The molecule has 0 rings (SSSR count). The van der Waals surface area contributed by atoms with E-state index < -0.39 is 33.1 Å². The summed E-state index contributed by atoms with van der Waals surface area (Å²) in [4.78, 5) is 20.8. The van der Waals surface area contributed by atoms with E-state index in [9.17, 15) is 14.7 Å². The zero-order valence-electron chi connectivity index (χ0n) is 13.1. The number of carbonyl (C=O) groups is 2. The molecule has 0 aliphatic rings. The summed E-state index contributed by atoms with van der Waals surface area (Å²) < 4.78 is 4.82. The largest absolute Gasteiger partial charge is 0.412 e. The summed E-state index contributed by atoms with van der Waals surface area (Å²) in [5, 5.41) is 10.9. The minimum absolute atomic E-state index is 0. The molecule has 19 heavy (non-hydrogen) atoms. The summed E-state index contributed by atoms with van der Waals surface area (Å²) in [5.41, 5.74) is 12.7. The standard InChI is InChI=1S/C7H16AsO2.C5H11AsO2.H2O/c1-5-10-7(9)6-8(2,3)4;1-6(2,3)4-5(7)8;/h5-6H2,1-4H3;4H2,1-3H3;1H2/q+1;;. The van der Waals surface area contributed by atoms with Crippen molar-refractivity contribution in [2.24, 2.45) is 0 Å². The molecule has 0 radical (unpaired) electrons. The van der Waals surface area contributed by atoms with Crippen LogP contribution in [0, 0.1) is 0 Å². The molecule has 0 aliphatic heterocycles. The van der Waals surface area contributed by atoms with E-state index in [0.29, 0.717) is 17.0 Å². The van der Waals surface area contributed by atoms with E-state index in [0.717, 1.165) is 0 Å². The second-order valence-electron chi connectivity index (χ2n) is 6.07. The Morgan fingerprint density at radius 2 is 1.32 bits per heavy atom. The molecule has 0 aromatic rings. The van der Waals surface area contributed by atoms with E-state index in [2.05, 4.69) is 17.1 Å². The van der Waals surface area contributed by atoms with Gasteiger partial charge in [-0.2, -0.15) is 0 Å². The van der Waals surface area contributed by atoms with Gasteiger partial charge in [-0.25, -0.2) is 0 Å². The van der Waals surface area contributed by atoms with Gasteiger partial charge in [-0.05, 0) is 0 Å². The molecule has 0 aromatic heterocycles. The molecule has 0 aromatic carbocycles. The van der Waals surface area contributed by atoms with Crippen molar-refractivity contribution < 1.29 is 24.9 Å². The molecule has 0 aliphatic carbocycles. The first-order valence-corrected chi connectivity index (χ1v) is 19.7. The summed E-state index contributed by atoms with van der Waals surface area (Å²) in [6.07, 6.45) is 0. The van der Waals surface area contributed by atoms with Crippen molar-refractivity contribution in [1.82, 2.24) is 0 Å². The second-order valence-corrected chi connectivity index (χ2v) is 26.6. The fourth-order valence-corrected chi connectivity index (χ4v) is 4.42. The molecule has 0 bridgehead atoms. The van der Waals surface area contributed by atoms with Gasteiger partial charge in [0, 0.05) is 0 Å². The van der Waals surface area contributed by atoms with Crippen LogP contribution in [0.1, 0.15) is 6.92 Å². The Morgan fingerprint density at radius 3 is 1.47 bits per heavy atom. The van der Waals surface area contributed by atoms with E-state index in [1.807, 2.05) is 24.1 Å². The number of esters is 1. The summed E-state index contributed by atoms with van der Waals surface area (Å²) in [5.74, 6) is -0.924. The Balaban J connectivity index is -0.000000262. The first-order chi connectivity index (χ1) is 7.87. The van der Waals surface area contributed by atoms with E-state index in [4.69, 9.17) is 4.74 Å². The smallest absolute Gasteiger partial charge is 0.412 e. The predicted octanol–water partition coefficient (Wildman–Crippen LogP) is 1.14. The molecular formula is C12H29As2O5+. The monoisotopic (exact) mass is 403 g/mol. The summed E-state index contributed by atoms with van der Waals surface area (Å²) in [6.45, 7) is 2.35. The third-order valence-electron chi connectivity index (χ3n) is 1.51. The molecule has 0 saturated carbocycles. The number of carboxylic acid groups (broad SMARTS) is 1. The number of carbonyl (C=O) groups excluding carboxylic acids is 2. The maximum absolute atomic E-state index is 10.9. The quantitative estimate of drug-likeness (QED) is 0.508. The molecule has 0 saturated heterocycles. The van der Waals surface area contributed by atoms with Crippen LogP contribution in [0.2, 0.25) is 44.7 Å². The van der Waals surface area contributed by atoms with Gasteiger partial charge in [0.1, 0.15) is 0 Å². The van der Waals surface area contributed by atoms with E-state index in [1.165, 1.54) is 0 Å². The van der Waals surface area contributed by atoms with Crippen molar-refractivity contribution in [2.75, 3.05) is 6.61 Å². The van der Waals surface area contributed by atoms with Gasteiger partial charge >= 0.3 is 117 Å². The van der Waals surface area contributed by atoms with Crippen LogP contribution in [0.5, 0.6) is 0 Å². The SMILES string of the molecule is CCOC(=O)C[As+](C)(C)C.C[As+](C)(C)CC(=O)[O-].O. The number of aliphatic carboxylic acids is 1. The fraction of sp³-hybridized carbons (Fsp3) is 0.833. The van der Waals surface area contributed by atoms with Crippen LogP contribution in [0.15, 0.2) is 0 Å². The predicted molar refractivity (Wildman–Crippen MR) is 81.6 cm³/mol. The Morgan fingerprint density at radius 1 is 0.947 bits per heavy atom. The van der Waals surface area contributed by atoms with E-state index in [1.54, 1.807) is 0 Å². The summed E-state index contributed by atoms with van der Waals surface area (Å²) in [6, 6.07) is 0. The first kappa shape index (κ1) is 24.1. The van der Waals surface area contributed by atoms with Gasteiger partial charge in [0.2, 0.25) is 0 Å². The minimum Gasteiger partial charge on any atom is -0.412 e. The van der Waals surface area contributed by atoms with Gasteiger partial charge in [-0.1, -0.05) is 0 Å². The van der Waals surface area contributed by atoms with Gasteiger partial charge in [-0.3, -0.25) is 0 Å². The van der Waals surface area contributed by atoms with Crippen molar-refractivity contribution in [1.29, 1.82) is 0 Å². The average molecular weight is 403 g/mol. The summed E-state index contributed by atoms with van der Waals surface area (Å²) >= 11 is -3.21. The molecule has 0 heterocycles. The Kier molecular flexibility index (Phi) is 13.6. The molecule has 0 atom stereocenters. The van der Waals surface area contributed by atoms with Crippen LogP contribution in [0.25, 0.3) is 0 Å². The Hall–Kier alpha value is 0.0169. The molecule has 0 amide bonds. The number of rotatable bonds is 5. The molecule has 7 heteroatoms. The van der Waals surface area contributed by atoms with Crippen molar-refractivity contribution in [3.8, 4) is 0 Å². The third kappa shape index (κ3) is 27.3. The van der Waals surface area contributed by atoms with Crippen LogP contribution >= 0.6 is 0 Å². The third-order valence-corrected chi connectivity index (χ3v) is 6.58. The van der Waals surface area contributed by atoms with Gasteiger partial charge in [-0.15, -0.1) is 0 Å². The van der Waals surface area contributed by atoms with Crippen LogP contribution in [-0.4, -0.2) is 51.1 Å². The number of hydrogen-bond acceptors (Lipinski definition) is 4. The van der Waals surface area contributed by atoms with Crippen LogP contribution < -0.4 is 5.11 Å². The van der Waals surface area contributed by atoms with Gasteiger partial charge in [0.25, 0.3) is 0 Å². The number of carboxylic acids is 1. The van der Waals surface area contributed by atoms with Crippen LogP contribution in [0.3, 0.4) is 0 Å². The van der Waals surface area contributed by atoms with E-state index in [-0.39, 0.29) is 11.4 Å². The minimum atomic E-state index is -1.68. The Bertz CT molecular complexity index is 266. The van der Waals surface area contributed by atoms with Gasteiger partial charge in [0.15, 0.2) is 0 Å². The fourth-order valence-electron chi connectivity index (χ4n) is 0.981. The molecule has 0 spiro atoms. The molecule has 116 valence electrons. The molecule has 5 nitrogen and oxygen atoms in total. The Labute approximate surface area is 122 Å². The van der Waals surface area contributed by atoms with Gasteiger partial charge in [0.05, 0.1) is 0 Å². The number of hydrogen-bond donors (Lipinski definition) is 0.